The van der Waals surface area contributed by atoms with Gasteiger partial charge in [-0.2, -0.15) is 5.10 Å². The molecule has 1 N–H and O–H groups in total. The van der Waals surface area contributed by atoms with Gasteiger partial charge in [0.25, 0.3) is 5.91 Å². The Hall–Kier alpha value is -1.24. The van der Waals surface area contributed by atoms with Crippen LogP contribution in [0, 0.1) is 0 Å². The van der Waals surface area contributed by atoms with Gasteiger partial charge in [-0.25, -0.2) is 5.43 Å². The van der Waals surface area contributed by atoms with Crippen molar-refractivity contribution in [2.45, 2.75) is 0 Å². The normalized spacial score (nSPS) is 10.8. The van der Waals surface area contributed by atoms with Gasteiger partial charge in [0.15, 0.2) is 0 Å². The van der Waals surface area contributed by atoms with Crippen molar-refractivity contribution < 1.29 is 4.79 Å². The van der Waals surface area contributed by atoms with Crippen LogP contribution in [0.5, 0.6) is 0 Å². The van der Waals surface area contributed by atoms with Crippen molar-refractivity contribution in [3.63, 3.8) is 0 Å². The molecular formula is C11H7BrClN3OS. The number of hydrogen-bond donors (Lipinski definition) is 1. The van der Waals surface area contributed by atoms with Crippen LogP contribution in [0.2, 0.25) is 4.34 Å². The highest BCUT2D eigenvalue weighted by molar-refractivity contribution is 9.10. The van der Waals surface area contributed by atoms with E-state index in [4.69, 9.17) is 11.6 Å². The van der Waals surface area contributed by atoms with Crippen LogP contribution >= 0.6 is 38.9 Å². The molecule has 0 spiro atoms. The fourth-order valence-electron chi connectivity index (χ4n) is 1.15. The van der Waals surface area contributed by atoms with Crippen LogP contribution < -0.4 is 5.43 Å². The Labute approximate surface area is 121 Å². The van der Waals surface area contributed by atoms with E-state index >= 15 is 0 Å². The molecular weight excluding hydrogens is 338 g/mol. The third-order valence-electron chi connectivity index (χ3n) is 1.92. The summed E-state index contributed by atoms with van der Waals surface area (Å²) < 4.78 is 1.42. The second-order valence-corrected chi connectivity index (χ2v) is 5.90. The van der Waals surface area contributed by atoms with Gasteiger partial charge in [0.2, 0.25) is 0 Å². The lowest BCUT2D eigenvalue weighted by molar-refractivity contribution is 0.0954. The Balaban J connectivity index is 1.98. The molecule has 0 aromatic carbocycles. The molecule has 0 aliphatic carbocycles. The van der Waals surface area contributed by atoms with Gasteiger partial charge in [0.1, 0.15) is 0 Å². The van der Waals surface area contributed by atoms with E-state index in [0.717, 1.165) is 9.35 Å². The predicted octanol–water partition coefficient (Wildman–Crippen LogP) is 3.32. The molecule has 7 heteroatoms. The second kappa shape index (κ2) is 6.08. The van der Waals surface area contributed by atoms with Crippen LogP contribution in [0.3, 0.4) is 0 Å². The van der Waals surface area contributed by atoms with Crippen molar-refractivity contribution in [3.8, 4) is 0 Å². The van der Waals surface area contributed by atoms with Crippen LogP contribution in [-0.2, 0) is 0 Å². The van der Waals surface area contributed by atoms with Crippen molar-refractivity contribution in [2.24, 2.45) is 5.10 Å². The van der Waals surface area contributed by atoms with Gasteiger partial charge in [-0.05, 0) is 34.1 Å². The lowest BCUT2D eigenvalue weighted by atomic mass is 10.3. The topological polar surface area (TPSA) is 54.4 Å². The maximum Gasteiger partial charge on any atom is 0.272 e. The van der Waals surface area contributed by atoms with E-state index in [9.17, 15) is 4.79 Å². The average Bonchev–Trinajstić information content (AvgIpc) is 2.75. The van der Waals surface area contributed by atoms with Gasteiger partial charge in [0, 0.05) is 21.7 Å². The van der Waals surface area contributed by atoms with Gasteiger partial charge in [0.05, 0.1) is 16.1 Å². The fraction of sp³-hybridized carbons (Fsp3) is 0. The Morgan fingerprint density at radius 1 is 1.50 bits per heavy atom. The lowest BCUT2D eigenvalue weighted by Gasteiger charge is -1.98. The van der Waals surface area contributed by atoms with Gasteiger partial charge >= 0.3 is 0 Å². The van der Waals surface area contributed by atoms with E-state index in [1.165, 1.54) is 17.5 Å². The number of pyridine rings is 1. The van der Waals surface area contributed by atoms with E-state index in [2.05, 4.69) is 31.4 Å². The molecule has 2 heterocycles. The SMILES string of the molecule is O=C(NN=Cc1ccc(Cl)s1)c1cncc(Br)c1. The highest BCUT2D eigenvalue weighted by Gasteiger charge is 2.04. The number of amides is 1. The maximum absolute atomic E-state index is 11.7. The number of hydrogen-bond acceptors (Lipinski definition) is 4. The zero-order chi connectivity index (χ0) is 13.0. The summed E-state index contributed by atoms with van der Waals surface area (Å²) >= 11 is 10.4. The third kappa shape index (κ3) is 3.63. The molecule has 0 fully saturated rings. The Morgan fingerprint density at radius 3 is 3.00 bits per heavy atom. The second-order valence-electron chi connectivity index (χ2n) is 3.23. The minimum atomic E-state index is -0.317. The molecule has 2 rings (SSSR count). The summed E-state index contributed by atoms with van der Waals surface area (Å²) in [6.07, 6.45) is 4.62. The molecule has 2 aromatic heterocycles. The molecule has 0 radical (unpaired) electrons. The molecule has 1 amide bonds. The molecule has 0 saturated heterocycles. The van der Waals surface area contributed by atoms with E-state index in [1.807, 2.05) is 6.07 Å². The van der Waals surface area contributed by atoms with Crippen molar-refractivity contribution in [1.29, 1.82) is 0 Å². The van der Waals surface area contributed by atoms with Crippen molar-refractivity contribution in [1.82, 2.24) is 10.4 Å². The number of thiophene rings is 1. The molecule has 0 aliphatic rings. The Morgan fingerprint density at radius 2 is 2.33 bits per heavy atom. The van der Waals surface area contributed by atoms with Gasteiger partial charge < -0.3 is 0 Å². The summed E-state index contributed by atoms with van der Waals surface area (Å²) in [5.41, 5.74) is 2.85. The monoisotopic (exact) mass is 343 g/mol. The number of aromatic nitrogens is 1. The first-order valence-corrected chi connectivity index (χ1v) is 6.83. The standard InChI is InChI=1S/C11H7BrClN3OS/c12-8-3-7(4-14-5-8)11(17)16-15-6-9-1-2-10(13)18-9/h1-6H,(H,16,17). The van der Waals surface area contributed by atoms with Crippen molar-refractivity contribution in [2.75, 3.05) is 0 Å². The zero-order valence-corrected chi connectivity index (χ0v) is 12.1. The molecule has 18 heavy (non-hydrogen) atoms. The Bertz CT molecular complexity index is 599. The number of carbonyl (C=O) groups excluding carboxylic acids is 1. The maximum atomic E-state index is 11.7. The highest BCUT2D eigenvalue weighted by Crippen LogP contribution is 2.19. The summed E-state index contributed by atoms with van der Waals surface area (Å²) in [6.45, 7) is 0. The van der Waals surface area contributed by atoms with Gasteiger partial charge in [-0.15, -0.1) is 11.3 Å². The predicted molar refractivity (Wildman–Crippen MR) is 76.3 cm³/mol. The molecule has 0 unspecified atom stereocenters. The van der Waals surface area contributed by atoms with Crippen LogP contribution in [0.25, 0.3) is 0 Å². The van der Waals surface area contributed by atoms with Crippen molar-refractivity contribution in [3.05, 3.63) is 49.8 Å². The molecule has 0 bridgehead atoms. The van der Waals surface area contributed by atoms with Crippen LogP contribution in [0.15, 0.2) is 40.2 Å². The number of carbonyl (C=O) groups is 1. The first-order valence-electron chi connectivity index (χ1n) is 4.84. The summed E-state index contributed by atoms with van der Waals surface area (Å²) in [7, 11) is 0. The molecule has 4 nitrogen and oxygen atoms in total. The number of nitrogens with one attached hydrogen (secondary N) is 1. The van der Waals surface area contributed by atoms with E-state index in [1.54, 1.807) is 24.5 Å². The summed E-state index contributed by atoms with van der Waals surface area (Å²) in [4.78, 5) is 16.5. The molecule has 0 atom stereocenters. The lowest BCUT2D eigenvalue weighted by Crippen LogP contribution is -2.17. The van der Waals surface area contributed by atoms with Crippen molar-refractivity contribution >= 4 is 51.0 Å². The zero-order valence-electron chi connectivity index (χ0n) is 8.93. The first kappa shape index (κ1) is 13.2. The van der Waals surface area contributed by atoms with Crippen LogP contribution in [0.1, 0.15) is 15.2 Å². The Kier molecular flexibility index (Phi) is 4.46. The number of halogens is 2. The minimum Gasteiger partial charge on any atom is -0.267 e. The van der Waals surface area contributed by atoms with Gasteiger partial charge in [-0.3, -0.25) is 9.78 Å². The number of hydrazone groups is 1. The fourth-order valence-corrected chi connectivity index (χ4v) is 2.45. The minimum absolute atomic E-state index is 0.317. The van der Waals surface area contributed by atoms with E-state index in [-0.39, 0.29) is 5.91 Å². The summed E-state index contributed by atoms with van der Waals surface area (Å²) in [5, 5.41) is 3.85. The number of nitrogens with zero attached hydrogens (tertiary/aromatic N) is 2. The highest BCUT2D eigenvalue weighted by atomic mass is 79.9. The van der Waals surface area contributed by atoms with Crippen LogP contribution in [-0.4, -0.2) is 17.1 Å². The quantitative estimate of drug-likeness (QED) is 0.686. The molecule has 2 aromatic rings. The van der Waals surface area contributed by atoms with E-state index in [0.29, 0.717) is 9.90 Å². The number of rotatable bonds is 3. The summed E-state index contributed by atoms with van der Waals surface area (Å²) in [6, 6.07) is 5.26. The first-order chi connectivity index (χ1) is 8.65. The summed E-state index contributed by atoms with van der Waals surface area (Å²) in [5.74, 6) is -0.317. The van der Waals surface area contributed by atoms with Gasteiger partial charge in [-0.1, -0.05) is 11.6 Å². The average molecular weight is 345 g/mol. The van der Waals surface area contributed by atoms with E-state index < -0.39 is 0 Å². The molecule has 0 saturated carbocycles. The third-order valence-corrected chi connectivity index (χ3v) is 3.52. The molecule has 92 valence electrons. The smallest absolute Gasteiger partial charge is 0.267 e. The molecule has 0 aliphatic heterocycles. The largest absolute Gasteiger partial charge is 0.272 e. The van der Waals surface area contributed by atoms with Crippen LogP contribution in [0.4, 0.5) is 0 Å².